The Morgan fingerprint density at radius 3 is 2.62 bits per heavy atom. The van der Waals surface area contributed by atoms with Gasteiger partial charge < -0.3 is 11.1 Å². The van der Waals surface area contributed by atoms with Crippen LogP contribution in [0.3, 0.4) is 0 Å². The Morgan fingerprint density at radius 2 is 2.12 bits per heavy atom. The highest BCUT2D eigenvalue weighted by Gasteiger charge is 1.81. The zero-order chi connectivity index (χ0) is 6.24. The molecule has 8 heavy (non-hydrogen) atoms. The molecule has 0 aromatic rings. The Morgan fingerprint density at radius 1 is 1.38 bits per heavy atom. The first-order chi connectivity index (χ1) is 3.91. The quantitative estimate of drug-likeness (QED) is 0.361. The van der Waals surface area contributed by atoms with Crippen molar-refractivity contribution in [2.24, 2.45) is 5.73 Å². The molecule has 0 amide bonds. The van der Waals surface area contributed by atoms with Crippen molar-refractivity contribution < 1.29 is 0 Å². The Labute approximate surface area is 56.2 Å². The highest BCUT2D eigenvalue weighted by molar-refractivity contribution is 7.80. The van der Waals surface area contributed by atoms with Crippen LogP contribution in [0.1, 0.15) is 6.42 Å². The largest absolute Gasteiger partial charge is 0.329 e. The van der Waals surface area contributed by atoms with E-state index in [0.29, 0.717) is 0 Å². The highest BCUT2D eigenvalue weighted by atomic mass is 32.1. The molecule has 0 atom stereocenters. The van der Waals surface area contributed by atoms with E-state index >= 15 is 0 Å². The smallest absolute Gasteiger partial charge is 0.00745 e. The minimum Gasteiger partial charge on any atom is -0.329 e. The molecule has 0 heterocycles. The van der Waals surface area contributed by atoms with Crippen LogP contribution in [-0.2, 0) is 0 Å². The van der Waals surface area contributed by atoms with Gasteiger partial charge in [0.25, 0.3) is 0 Å². The lowest BCUT2D eigenvalue weighted by Gasteiger charge is -1.97. The first kappa shape index (κ1) is 8.27. The van der Waals surface area contributed by atoms with Crippen molar-refractivity contribution in [1.29, 1.82) is 0 Å². The van der Waals surface area contributed by atoms with Gasteiger partial charge in [-0.05, 0) is 18.7 Å². The van der Waals surface area contributed by atoms with Crippen molar-refractivity contribution in [1.82, 2.24) is 5.32 Å². The summed E-state index contributed by atoms with van der Waals surface area (Å²) in [6.45, 7) is 2.70. The van der Waals surface area contributed by atoms with E-state index < -0.39 is 0 Å². The number of thiol groups is 1. The number of nitrogens with one attached hydrogen (secondary N) is 1. The summed E-state index contributed by atoms with van der Waals surface area (Å²) in [4.78, 5) is 0. The first-order valence-electron chi connectivity index (χ1n) is 2.93. The van der Waals surface area contributed by atoms with Gasteiger partial charge in [-0.15, -0.1) is 0 Å². The van der Waals surface area contributed by atoms with Crippen LogP contribution in [0.4, 0.5) is 0 Å². The van der Waals surface area contributed by atoms with Gasteiger partial charge in [0.05, 0.1) is 0 Å². The van der Waals surface area contributed by atoms with Gasteiger partial charge in [-0.1, -0.05) is 0 Å². The molecule has 0 radical (unpaired) electrons. The fourth-order valence-electron chi connectivity index (χ4n) is 0.431. The molecule has 0 saturated carbocycles. The van der Waals surface area contributed by atoms with Crippen LogP contribution in [0.2, 0.25) is 0 Å². The second-order valence-corrected chi connectivity index (χ2v) is 2.06. The van der Waals surface area contributed by atoms with E-state index in [2.05, 4.69) is 17.9 Å². The maximum absolute atomic E-state index is 5.23. The fraction of sp³-hybridized carbons (Fsp3) is 1.00. The Balaban J connectivity index is 2.53. The van der Waals surface area contributed by atoms with Crippen LogP contribution < -0.4 is 11.1 Å². The SMILES string of the molecule is NCCNCCCS. The molecule has 0 aliphatic carbocycles. The van der Waals surface area contributed by atoms with E-state index in [9.17, 15) is 0 Å². The van der Waals surface area contributed by atoms with E-state index in [0.717, 1.165) is 31.8 Å². The monoisotopic (exact) mass is 134 g/mol. The van der Waals surface area contributed by atoms with E-state index in [1.807, 2.05) is 0 Å². The van der Waals surface area contributed by atoms with Crippen LogP contribution in [-0.4, -0.2) is 25.4 Å². The van der Waals surface area contributed by atoms with Crippen LogP contribution in [0.5, 0.6) is 0 Å². The molecule has 0 rings (SSSR count). The molecule has 0 aromatic carbocycles. The molecule has 3 N–H and O–H groups in total. The van der Waals surface area contributed by atoms with Gasteiger partial charge in [-0.3, -0.25) is 0 Å². The van der Waals surface area contributed by atoms with Gasteiger partial charge in [0.2, 0.25) is 0 Å². The minimum absolute atomic E-state index is 0.729. The van der Waals surface area contributed by atoms with Gasteiger partial charge in [0, 0.05) is 13.1 Å². The van der Waals surface area contributed by atoms with Crippen LogP contribution in [0.15, 0.2) is 0 Å². The van der Waals surface area contributed by atoms with E-state index in [1.54, 1.807) is 0 Å². The summed E-state index contributed by atoms with van der Waals surface area (Å²) in [5.74, 6) is 0.956. The molecule has 0 aliphatic heterocycles. The average Bonchev–Trinajstić information content (AvgIpc) is 1.81. The van der Waals surface area contributed by atoms with Gasteiger partial charge >= 0.3 is 0 Å². The molecule has 0 aliphatic rings. The highest BCUT2D eigenvalue weighted by Crippen LogP contribution is 1.78. The number of nitrogens with two attached hydrogens (primary N) is 1. The molecule has 3 heteroatoms. The minimum atomic E-state index is 0.729. The molecular weight excluding hydrogens is 120 g/mol. The predicted molar refractivity (Wildman–Crippen MR) is 40.4 cm³/mol. The van der Waals surface area contributed by atoms with Crippen LogP contribution >= 0.6 is 12.6 Å². The molecule has 0 saturated heterocycles. The van der Waals surface area contributed by atoms with Crippen molar-refractivity contribution in [2.75, 3.05) is 25.4 Å². The fourth-order valence-corrected chi connectivity index (χ4v) is 0.589. The maximum Gasteiger partial charge on any atom is 0.00745 e. The normalized spacial score (nSPS) is 9.75. The lowest BCUT2D eigenvalue weighted by atomic mass is 10.5. The van der Waals surface area contributed by atoms with Crippen molar-refractivity contribution in [3.05, 3.63) is 0 Å². The third-order valence-electron chi connectivity index (χ3n) is 0.833. The maximum atomic E-state index is 5.23. The number of hydrogen-bond donors (Lipinski definition) is 3. The molecule has 0 bridgehead atoms. The van der Waals surface area contributed by atoms with Crippen molar-refractivity contribution >= 4 is 12.6 Å². The zero-order valence-electron chi connectivity index (χ0n) is 5.06. The zero-order valence-corrected chi connectivity index (χ0v) is 5.95. The van der Waals surface area contributed by atoms with Crippen molar-refractivity contribution in [2.45, 2.75) is 6.42 Å². The van der Waals surface area contributed by atoms with Gasteiger partial charge in [-0.25, -0.2) is 0 Å². The van der Waals surface area contributed by atoms with Crippen molar-refractivity contribution in [3.63, 3.8) is 0 Å². The second-order valence-electron chi connectivity index (χ2n) is 1.62. The molecular formula is C5H14N2S. The topological polar surface area (TPSA) is 38.0 Å². The molecule has 0 unspecified atom stereocenters. The summed E-state index contributed by atoms with van der Waals surface area (Å²) < 4.78 is 0. The third kappa shape index (κ3) is 6.27. The summed E-state index contributed by atoms with van der Waals surface area (Å²) >= 11 is 4.05. The van der Waals surface area contributed by atoms with Gasteiger partial charge in [-0.2, -0.15) is 12.6 Å². The average molecular weight is 134 g/mol. The Hall–Kier alpha value is 0.270. The van der Waals surface area contributed by atoms with Crippen LogP contribution in [0.25, 0.3) is 0 Å². The first-order valence-corrected chi connectivity index (χ1v) is 3.56. The van der Waals surface area contributed by atoms with Crippen molar-refractivity contribution in [3.8, 4) is 0 Å². The summed E-state index contributed by atoms with van der Waals surface area (Å²) in [6, 6.07) is 0. The standard InChI is InChI=1S/C5H14N2S/c6-2-4-7-3-1-5-8/h7-8H,1-6H2. The Kier molecular flexibility index (Phi) is 7.52. The molecule has 0 aromatic heterocycles. The summed E-state index contributed by atoms with van der Waals surface area (Å²) in [7, 11) is 0. The summed E-state index contributed by atoms with van der Waals surface area (Å²) in [5, 5.41) is 3.16. The van der Waals surface area contributed by atoms with E-state index in [-0.39, 0.29) is 0 Å². The molecule has 0 spiro atoms. The van der Waals surface area contributed by atoms with Crippen LogP contribution in [0, 0.1) is 0 Å². The number of hydrogen-bond acceptors (Lipinski definition) is 3. The van der Waals surface area contributed by atoms with E-state index in [1.165, 1.54) is 0 Å². The second kappa shape index (κ2) is 7.27. The lowest BCUT2D eigenvalue weighted by molar-refractivity contribution is 0.682. The predicted octanol–water partition coefficient (Wildman–Crippen LogP) is -0.145. The summed E-state index contributed by atoms with van der Waals surface area (Å²) in [6.07, 6.45) is 1.13. The summed E-state index contributed by atoms with van der Waals surface area (Å²) in [5.41, 5.74) is 5.23. The van der Waals surface area contributed by atoms with Gasteiger partial charge in [0.1, 0.15) is 0 Å². The molecule has 0 fully saturated rings. The Bertz CT molecular complexity index is 35.4. The number of rotatable bonds is 5. The van der Waals surface area contributed by atoms with E-state index in [4.69, 9.17) is 5.73 Å². The van der Waals surface area contributed by atoms with Gasteiger partial charge in [0.15, 0.2) is 0 Å². The molecule has 50 valence electrons. The third-order valence-corrected chi connectivity index (χ3v) is 1.15. The molecule has 2 nitrogen and oxygen atoms in total. The lowest BCUT2D eigenvalue weighted by Crippen LogP contribution is -2.23.